The van der Waals surface area contributed by atoms with Crippen molar-refractivity contribution in [2.24, 2.45) is 0 Å². The minimum absolute atomic E-state index is 0.585. The van der Waals surface area contributed by atoms with Gasteiger partial charge in [-0.3, -0.25) is 0 Å². The molecule has 298 valence electrons. The molecular formula is C57H31N3O2S2. The summed E-state index contributed by atoms with van der Waals surface area (Å²) >= 11 is 3.58. The molecule has 0 aliphatic heterocycles. The Balaban J connectivity index is 0.983. The van der Waals surface area contributed by atoms with Gasteiger partial charge in [-0.1, -0.05) is 133 Å². The highest BCUT2D eigenvalue weighted by atomic mass is 32.1. The summed E-state index contributed by atoms with van der Waals surface area (Å²) in [4.78, 5) is 15.9. The lowest BCUT2D eigenvalue weighted by molar-refractivity contribution is 0.669. The summed E-state index contributed by atoms with van der Waals surface area (Å²) in [5, 5.41) is 9.11. The van der Waals surface area contributed by atoms with Gasteiger partial charge in [0.1, 0.15) is 22.3 Å². The zero-order valence-corrected chi connectivity index (χ0v) is 35.5. The van der Waals surface area contributed by atoms with E-state index in [4.69, 9.17) is 23.8 Å². The molecule has 0 fully saturated rings. The van der Waals surface area contributed by atoms with Gasteiger partial charge in [-0.05, 0) is 76.9 Å². The van der Waals surface area contributed by atoms with Crippen LogP contribution in [-0.4, -0.2) is 15.0 Å². The highest BCUT2D eigenvalue weighted by Gasteiger charge is 2.21. The molecule has 14 rings (SSSR count). The van der Waals surface area contributed by atoms with Gasteiger partial charge in [0.05, 0.1) is 0 Å². The molecule has 5 aromatic heterocycles. The predicted molar refractivity (Wildman–Crippen MR) is 267 cm³/mol. The van der Waals surface area contributed by atoms with Crippen molar-refractivity contribution in [3.63, 3.8) is 0 Å². The molecule has 0 N–H and O–H groups in total. The van der Waals surface area contributed by atoms with E-state index in [1.54, 1.807) is 22.7 Å². The van der Waals surface area contributed by atoms with Crippen LogP contribution in [0.4, 0.5) is 0 Å². The lowest BCUT2D eigenvalue weighted by atomic mass is 9.94. The van der Waals surface area contributed by atoms with Crippen molar-refractivity contribution < 1.29 is 8.83 Å². The maximum absolute atomic E-state index is 6.62. The first kappa shape index (κ1) is 35.6. The highest BCUT2D eigenvalue weighted by molar-refractivity contribution is 7.26. The van der Waals surface area contributed by atoms with E-state index >= 15 is 0 Å². The monoisotopic (exact) mass is 853 g/mol. The van der Waals surface area contributed by atoms with Crippen LogP contribution >= 0.6 is 22.7 Å². The van der Waals surface area contributed by atoms with Crippen LogP contribution in [0.2, 0.25) is 0 Å². The molecule has 64 heavy (non-hydrogen) atoms. The summed E-state index contributed by atoms with van der Waals surface area (Å²) in [7, 11) is 0. The minimum atomic E-state index is 0.585. The average molecular weight is 854 g/mol. The molecule has 5 nitrogen and oxygen atoms in total. The number of thiophene rings is 2. The molecule has 0 spiro atoms. The van der Waals surface area contributed by atoms with Gasteiger partial charge in [-0.2, -0.15) is 0 Å². The largest absolute Gasteiger partial charge is 0.456 e. The summed E-state index contributed by atoms with van der Waals surface area (Å²) in [5.74, 6) is 1.82. The number of benzene rings is 9. The second kappa shape index (κ2) is 13.8. The van der Waals surface area contributed by atoms with Crippen LogP contribution < -0.4 is 0 Å². The second-order valence-electron chi connectivity index (χ2n) is 16.2. The van der Waals surface area contributed by atoms with Crippen molar-refractivity contribution in [1.82, 2.24) is 15.0 Å². The standard InChI is InChI=1S/C57H31N3O2S2/c1-2-11-32(12-3-1)36-15-8-19-46-53(36)54-37(16-9-20-47(54)62-46)33-25-28-44-43(29-33)52-42(17-10-18-45(52)61-44)57-59-55(34-23-26-40-38-13-4-6-21-48(38)63-50(40)30-34)58-56(60-57)35-24-27-41-39-14-5-7-22-49(39)64-51(41)31-35/h1-31H. The Bertz CT molecular complexity index is 4080. The predicted octanol–water partition coefficient (Wildman–Crippen LogP) is 16.7. The first-order chi connectivity index (χ1) is 31.7. The number of hydrogen-bond acceptors (Lipinski definition) is 7. The lowest BCUT2D eigenvalue weighted by Gasteiger charge is -2.10. The van der Waals surface area contributed by atoms with Crippen LogP contribution in [0.25, 0.3) is 141 Å². The van der Waals surface area contributed by atoms with Crippen molar-refractivity contribution in [1.29, 1.82) is 0 Å². The molecule has 0 amide bonds. The van der Waals surface area contributed by atoms with Crippen LogP contribution in [0.1, 0.15) is 0 Å². The number of furan rings is 2. The van der Waals surface area contributed by atoms with Crippen LogP contribution in [0.5, 0.6) is 0 Å². The molecule has 0 radical (unpaired) electrons. The van der Waals surface area contributed by atoms with Gasteiger partial charge in [0.25, 0.3) is 0 Å². The van der Waals surface area contributed by atoms with Crippen LogP contribution in [0.3, 0.4) is 0 Å². The summed E-state index contributed by atoms with van der Waals surface area (Å²) in [6.07, 6.45) is 0. The number of aromatic nitrogens is 3. The summed E-state index contributed by atoms with van der Waals surface area (Å²) < 4.78 is 18.1. The van der Waals surface area contributed by atoms with E-state index in [-0.39, 0.29) is 0 Å². The van der Waals surface area contributed by atoms with Crippen molar-refractivity contribution in [2.45, 2.75) is 0 Å². The average Bonchev–Trinajstić information content (AvgIpc) is 4.13. The van der Waals surface area contributed by atoms with E-state index in [2.05, 4.69) is 176 Å². The summed E-state index contributed by atoms with van der Waals surface area (Å²) in [6.45, 7) is 0. The molecule has 9 aromatic carbocycles. The van der Waals surface area contributed by atoms with Gasteiger partial charge in [0.2, 0.25) is 0 Å². The Morgan fingerprint density at radius 1 is 0.281 bits per heavy atom. The Morgan fingerprint density at radius 3 is 1.39 bits per heavy atom. The third-order valence-electron chi connectivity index (χ3n) is 12.6. The fraction of sp³-hybridized carbons (Fsp3) is 0. The normalized spacial score (nSPS) is 12.1. The second-order valence-corrected chi connectivity index (χ2v) is 18.4. The lowest BCUT2D eigenvalue weighted by Crippen LogP contribution is -2.00. The number of hydrogen-bond donors (Lipinski definition) is 0. The van der Waals surface area contributed by atoms with E-state index in [1.165, 1.54) is 40.3 Å². The molecule has 14 aromatic rings. The Hall–Kier alpha value is -7.97. The minimum Gasteiger partial charge on any atom is -0.456 e. The first-order valence-corrected chi connectivity index (χ1v) is 22.9. The van der Waals surface area contributed by atoms with Crippen molar-refractivity contribution in [3.8, 4) is 56.4 Å². The van der Waals surface area contributed by atoms with Gasteiger partial charge in [-0.15, -0.1) is 22.7 Å². The topological polar surface area (TPSA) is 65.0 Å². The molecule has 0 saturated carbocycles. The Kier molecular flexibility index (Phi) is 7.66. The van der Waals surface area contributed by atoms with E-state index in [0.29, 0.717) is 17.5 Å². The fourth-order valence-corrected chi connectivity index (χ4v) is 11.9. The van der Waals surface area contributed by atoms with Gasteiger partial charge in [0.15, 0.2) is 17.5 Å². The van der Waals surface area contributed by atoms with E-state index in [0.717, 1.165) is 82.8 Å². The van der Waals surface area contributed by atoms with Gasteiger partial charge in [0, 0.05) is 78.6 Å². The molecular weight excluding hydrogens is 823 g/mol. The van der Waals surface area contributed by atoms with Crippen molar-refractivity contribution >= 4 is 107 Å². The van der Waals surface area contributed by atoms with Gasteiger partial charge < -0.3 is 8.83 Å². The quantitative estimate of drug-likeness (QED) is 0.173. The fourth-order valence-electron chi connectivity index (χ4n) is 9.63. The summed E-state index contributed by atoms with van der Waals surface area (Å²) in [5.41, 5.74) is 10.5. The molecule has 7 heteroatoms. The Morgan fingerprint density at radius 2 is 0.766 bits per heavy atom. The van der Waals surface area contributed by atoms with Crippen molar-refractivity contribution in [3.05, 3.63) is 188 Å². The third-order valence-corrected chi connectivity index (χ3v) is 14.8. The van der Waals surface area contributed by atoms with Crippen LogP contribution in [0, 0.1) is 0 Å². The van der Waals surface area contributed by atoms with Crippen molar-refractivity contribution in [2.75, 3.05) is 0 Å². The van der Waals surface area contributed by atoms with Crippen LogP contribution in [0.15, 0.2) is 197 Å². The maximum atomic E-state index is 6.62. The molecule has 0 saturated heterocycles. The SMILES string of the molecule is c1ccc(-c2cccc3oc4cccc(-c5ccc6oc7cccc(-c8nc(-c9ccc%10c(c9)sc9ccccc9%10)nc(-c9ccc%10c(c9)sc9ccccc9%10)n8)c7c6c5)c4c23)cc1. The van der Waals surface area contributed by atoms with Gasteiger partial charge >= 0.3 is 0 Å². The number of nitrogens with zero attached hydrogens (tertiary/aromatic N) is 3. The molecule has 5 heterocycles. The smallest absolute Gasteiger partial charge is 0.164 e. The molecule has 0 unspecified atom stereocenters. The van der Waals surface area contributed by atoms with E-state index < -0.39 is 0 Å². The first-order valence-electron chi connectivity index (χ1n) is 21.2. The van der Waals surface area contributed by atoms with Crippen LogP contribution in [-0.2, 0) is 0 Å². The molecule has 0 atom stereocenters. The number of fused-ring (bicyclic) bond motifs is 12. The van der Waals surface area contributed by atoms with Gasteiger partial charge in [-0.25, -0.2) is 15.0 Å². The maximum Gasteiger partial charge on any atom is 0.164 e. The Labute approximate surface area is 373 Å². The zero-order valence-electron chi connectivity index (χ0n) is 33.9. The highest BCUT2D eigenvalue weighted by Crippen LogP contribution is 2.45. The number of rotatable bonds is 5. The molecule has 0 bridgehead atoms. The van der Waals surface area contributed by atoms with E-state index in [1.807, 2.05) is 12.1 Å². The molecule has 0 aliphatic carbocycles. The third kappa shape index (κ3) is 5.45. The van der Waals surface area contributed by atoms with E-state index in [9.17, 15) is 0 Å². The molecule has 0 aliphatic rings. The zero-order chi connectivity index (χ0) is 41.9. The summed E-state index contributed by atoms with van der Waals surface area (Å²) in [6, 6.07) is 66.1.